The van der Waals surface area contributed by atoms with Gasteiger partial charge in [0.15, 0.2) is 0 Å². The van der Waals surface area contributed by atoms with Crippen molar-refractivity contribution in [3.63, 3.8) is 0 Å². The zero-order valence-electron chi connectivity index (χ0n) is 15.1. The van der Waals surface area contributed by atoms with Crippen molar-refractivity contribution in [1.29, 1.82) is 0 Å². The Balaban J connectivity index is 1.36. The highest BCUT2D eigenvalue weighted by Crippen LogP contribution is 2.23. The number of phenols is 1. The molecule has 142 valence electrons. The molecule has 2 aromatic heterocycles. The summed E-state index contributed by atoms with van der Waals surface area (Å²) in [5.41, 5.74) is 2.52. The molecule has 0 fully saturated rings. The summed E-state index contributed by atoms with van der Waals surface area (Å²) in [4.78, 5) is 27.0. The van der Waals surface area contributed by atoms with E-state index in [4.69, 9.17) is 9.15 Å². The fourth-order valence-electron chi connectivity index (χ4n) is 3.33. The predicted octanol–water partition coefficient (Wildman–Crippen LogP) is 4.05. The van der Waals surface area contributed by atoms with Gasteiger partial charge in [0, 0.05) is 46.6 Å². The van der Waals surface area contributed by atoms with Gasteiger partial charge >= 0.3 is 11.6 Å². The summed E-state index contributed by atoms with van der Waals surface area (Å²) in [5, 5.41) is 11.3. The van der Waals surface area contributed by atoms with Crippen molar-refractivity contribution in [1.82, 2.24) is 4.98 Å². The molecule has 0 unspecified atom stereocenters. The second-order valence-electron chi connectivity index (χ2n) is 6.64. The molecule has 0 radical (unpaired) electrons. The van der Waals surface area contributed by atoms with Crippen LogP contribution in [0.15, 0.2) is 63.9 Å². The molecule has 0 aliphatic heterocycles. The number of aromatic amines is 1. The Morgan fingerprint density at radius 1 is 1.07 bits per heavy atom. The Hall–Kier alpha value is -3.54. The summed E-state index contributed by atoms with van der Waals surface area (Å²) >= 11 is 0. The van der Waals surface area contributed by atoms with Crippen LogP contribution in [0.2, 0.25) is 0 Å². The van der Waals surface area contributed by atoms with E-state index in [2.05, 4.69) is 11.1 Å². The van der Waals surface area contributed by atoms with Gasteiger partial charge in [-0.1, -0.05) is 18.2 Å². The summed E-state index contributed by atoms with van der Waals surface area (Å²) in [6, 6.07) is 13.9. The molecule has 6 nitrogen and oxygen atoms in total. The minimum atomic E-state index is -0.552. The van der Waals surface area contributed by atoms with E-state index in [1.54, 1.807) is 6.07 Å². The SMILES string of the molecule is O=C(CCCc1c[nH]c2ccccc12)OCc1cc(=O)oc2cc(O)ccc12. The number of aromatic nitrogens is 1. The highest BCUT2D eigenvalue weighted by Gasteiger charge is 2.10. The van der Waals surface area contributed by atoms with Crippen LogP contribution in [0.5, 0.6) is 5.75 Å². The number of para-hydroxylation sites is 1. The van der Waals surface area contributed by atoms with Crippen LogP contribution >= 0.6 is 0 Å². The molecule has 2 aromatic carbocycles. The highest BCUT2D eigenvalue weighted by molar-refractivity contribution is 5.83. The van der Waals surface area contributed by atoms with Gasteiger partial charge in [0.25, 0.3) is 0 Å². The van der Waals surface area contributed by atoms with Gasteiger partial charge in [-0.3, -0.25) is 4.79 Å². The topological polar surface area (TPSA) is 92.5 Å². The molecule has 2 heterocycles. The quantitative estimate of drug-likeness (QED) is 0.391. The fourth-order valence-corrected chi connectivity index (χ4v) is 3.33. The summed E-state index contributed by atoms with van der Waals surface area (Å²) in [6.07, 6.45) is 3.71. The number of aryl methyl sites for hydroxylation is 1. The van der Waals surface area contributed by atoms with Crippen molar-refractivity contribution in [2.24, 2.45) is 0 Å². The largest absolute Gasteiger partial charge is 0.508 e. The number of fused-ring (bicyclic) bond motifs is 2. The van der Waals surface area contributed by atoms with E-state index < -0.39 is 5.63 Å². The molecule has 2 N–H and O–H groups in total. The van der Waals surface area contributed by atoms with Crippen molar-refractivity contribution in [2.45, 2.75) is 25.9 Å². The van der Waals surface area contributed by atoms with Gasteiger partial charge in [-0.15, -0.1) is 0 Å². The summed E-state index contributed by atoms with van der Waals surface area (Å²) in [6.45, 7) is -0.0151. The average Bonchev–Trinajstić information content (AvgIpc) is 3.09. The molecule has 0 spiro atoms. The summed E-state index contributed by atoms with van der Waals surface area (Å²) < 4.78 is 10.4. The van der Waals surface area contributed by atoms with E-state index in [0.717, 1.165) is 11.9 Å². The van der Waals surface area contributed by atoms with Crippen molar-refractivity contribution in [2.75, 3.05) is 0 Å². The number of esters is 1. The van der Waals surface area contributed by atoms with Crippen LogP contribution in [0.3, 0.4) is 0 Å². The summed E-state index contributed by atoms with van der Waals surface area (Å²) in [7, 11) is 0. The van der Waals surface area contributed by atoms with E-state index >= 15 is 0 Å². The number of carbonyl (C=O) groups is 1. The van der Waals surface area contributed by atoms with E-state index in [1.807, 2.05) is 24.4 Å². The minimum absolute atomic E-state index is 0.00192. The third kappa shape index (κ3) is 3.76. The van der Waals surface area contributed by atoms with Crippen LogP contribution in [0.25, 0.3) is 21.9 Å². The minimum Gasteiger partial charge on any atom is -0.508 e. The monoisotopic (exact) mass is 377 g/mol. The van der Waals surface area contributed by atoms with Crippen molar-refractivity contribution < 1.29 is 19.1 Å². The normalized spacial score (nSPS) is 11.1. The first-order valence-corrected chi connectivity index (χ1v) is 9.06. The van der Waals surface area contributed by atoms with Crippen LogP contribution in [0.4, 0.5) is 0 Å². The lowest BCUT2D eigenvalue weighted by molar-refractivity contribution is -0.145. The number of ether oxygens (including phenoxy) is 1. The molecule has 0 bridgehead atoms. The molecular weight excluding hydrogens is 358 g/mol. The maximum Gasteiger partial charge on any atom is 0.336 e. The van der Waals surface area contributed by atoms with Crippen molar-refractivity contribution >= 4 is 27.8 Å². The first-order chi connectivity index (χ1) is 13.6. The second-order valence-corrected chi connectivity index (χ2v) is 6.64. The smallest absolute Gasteiger partial charge is 0.336 e. The molecule has 0 amide bonds. The lowest BCUT2D eigenvalue weighted by atomic mass is 10.1. The maximum absolute atomic E-state index is 12.1. The Kier molecular flexibility index (Phi) is 4.85. The molecule has 0 saturated carbocycles. The molecular formula is C22H19NO5. The first-order valence-electron chi connectivity index (χ1n) is 9.06. The van der Waals surface area contributed by atoms with E-state index in [-0.39, 0.29) is 23.9 Å². The number of hydrogen-bond donors (Lipinski definition) is 2. The number of phenolic OH excluding ortho intramolecular Hbond substituents is 1. The van der Waals surface area contributed by atoms with Crippen LogP contribution in [0, 0.1) is 0 Å². The number of hydrogen-bond acceptors (Lipinski definition) is 5. The molecule has 0 aliphatic rings. The van der Waals surface area contributed by atoms with Crippen LogP contribution < -0.4 is 5.63 Å². The zero-order valence-corrected chi connectivity index (χ0v) is 15.1. The number of rotatable bonds is 6. The molecule has 0 saturated heterocycles. The Bertz CT molecular complexity index is 1200. The number of H-pyrrole nitrogens is 1. The van der Waals surface area contributed by atoms with E-state index in [0.29, 0.717) is 23.8 Å². The molecule has 4 rings (SSSR count). The van der Waals surface area contributed by atoms with Gasteiger partial charge in [0.05, 0.1) is 0 Å². The van der Waals surface area contributed by atoms with Gasteiger partial charge in [0.1, 0.15) is 17.9 Å². The average molecular weight is 377 g/mol. The molecule has 28 heavy (non-hydrogen) atoms. The molecule has 0 atom stereocenters. The van der Waals surface area contributed by atoms with E-state index in [1.165, 1.54) is 29.1 Å². The zero-order chi connectivity index (χ0) is 19.5. The third-order valence-corrected chi connectivity index (χ3v) is 4.70. The third-order valence-electron chi connectivity index (χ3n) is 4.70. The second kappa shape index (κ2) is 7.60. The fraction of sp³-hybridized carbons (Fsp3) is 0.182. The molecule has 6 heteroatoms. The maximum atomic E-state index is 12.1. The molecule has 0 aliphatic carbocycles. The number of carbonyl (C=O) groups excluding carboxylic acids is 1. The highest BCUT2D eigenvalue weighted by atomic mass is 16.5. The van der Waals surface area contributed by atoms with Gasteiger partial charge in [-0.05, 0) is 36.6 Å². The number of aromatic hydroxyl groups is 1. The van der Waals surface area contributed by atoms with Crippen LogP contribution in [-0.2, 0) is 22.6 Å². The predicted molar refractivity (Wildman–Crippen MR) is 105 cm³/mol. The van der Waals surface area contributed by atoms with E-state index in [9.17, 15) is 14.7 Å². The van der Waals surface area contributed by atoms with Crippen molar-refractivity contribution in [3.8, 4) is 5.75 Å². The number of nitrogens with one attached hydrogen (secondary N) is 1. The lowest BCUT2D eigenvalue weighted by Crippen LogP contribution is -2.07. The number of benzene rings is 2. The lowest BCUT2D eigenvalue weighted by Gasteiger charge is -2.07. The summed E-state index contributed by atoms with van der Waals surface area (Å²) in [5.74, 6) is -0.318. The Morgan fingerprint density at radius 2 is 1.93 bits per heavy atom. The Morgan fingerprint density at radius 3 is 2.82 bits per heavy atom. The standard InChI is InChI=1S/C22H19NO5/c24-16-8-9-18-15(10-22(26)28-20(18)11-16)13-27-21(25)7-3-4-14-12-23-19-6-2-1-5-17(14)19/h1-2,5-6,8-12,23-24H,3-4,7,13H2. The van der Waals surface area contributed by atoms with Gasteiger partial charge in [-0.25, -0.2) is 4.79 Å². The first kappa shape index (κ1) is 17.9. The van der Waals surface area contributed by atoms with Gasteiger partial charge < -0.3 is 19.2 Å². The molecule has 4 aromatic rings. The Labute approximate surface area is 160 Å². The van der Waals surface area contributed by atoms with Crippen LogP contribution in [0.1, 0.15) is 24.0 Å². The van der Waals surface area contributed by atoms with Gasteiger partial charge in [-0.2, -0.15) is 0 Å². The van der Waals surface area contributed by atoms with Crippen molar-refractivity contribution in [3.05, 3.63) is 76.3 Å². The van der Waals surface area contributed by atoms with Crippen LogP contribution in [-0.4, -0.2) is 16.1 Å². The van der Waals surface area contributed by atoms with Gasteiger partial charge in [0.2, 0.25) is 0 Å².